The van der Waals surface area contributed by atoms with Crippen molar-refractivity contribution in [2.75, 3.05) is 0 Å². The Labute approximate surface area is 168 Å². The zero-order valence-electron chi connectivity index (χ0n) is 15.6. The third-order valence-corrected chi connectivity index (χ3v) is 3.85. The maximum absolute atomic E-state index is 11.8. The maximum Gasteiger partial charge on any atom is 0.329 e. The molecule has 2 amide bonds. The van der Waals surface area contributed by atoms with Gasteiger partial charge in [0, 0.05) is 6.20 Å². The van der Waals surface area contributed by atoms with Gasteiger partial charge in [0.25, 0.3) is 0 Å². The summed E-state index contributed by atoms with van der Waals surface area (Å²) in [5.74, 6) is -0.960. The van der Waals surface area contributed by atoms with Gasteiger partial charge in [0.1, 0.15) is 12.4 Å². The molecule has 0 unspecified atom stereocenters. The number of hydrogen-bond donors (Lipinski definition) is 2. The second-order valence-corrected chi connectivity index (χ2v) is 6.05. The fourth-order valence-corrected chi connectivity index (χ4v) is 2.40. The van der Waals surface area contributed by atoms with Gasteiger partial charge >= 0.3 is 11.8 Å². The molecule has 7 heteroatoms. The molecule has 0 atom stereocenters. The molecule has 29 heavy (non-hydrogen) atoms. The lowest BCUT2D eigenvalue weighted by Crippen LogP contribution is -2.37. The minimum Gasteiger partial charge on any atom is -0.489 e. The molecule has 0 aliphatic carbocycles. The number of pyridine rings is 1. The van der Waals surface area contributed by atoms with E-state index in [1.165, 1.54) is 6.21 Å². The van der Waals surface area contributed by atoms with Gasteiger partial charge in [0.05, 0.1) is 18.5 Å². The Balaban J connectivity index is 1.46. The first-order chi connectivity index (χ1) is 14.2. The fraction of sp³-hybridized carbons (Fsp3) is 0.0909. The summed E-state index contributed by atoms with van der Waals surface area (Å²) in [5.41, 5.74) is 4.65. The van der Waals surface area contributed by atoms with Gasteiger partial charge in [-0.3, -0.25) is 14.6 Å². The smallest absolute Gasteiger partial charge is 0.329 e. The van der Waals surface area contributed by atoms with Crippen LogP contribution in [0.5, 0.6) is 5.75 Å². The van der Waals surface area contributed by atoms with Crippen molar-refractivity contribution < 1.29 is 14.3 Å². The molecule has 1 aromatic heterocycles. The van der Waals surface area contributed by atoms with Gasteiger partial charge in [-0.25, -0.2) is 5.43 Å². The van der Waals surface area contributed by atoms with Crippen LogP contribution in [0.4, 0.5) is 0 Å². The first-order valence-corrected chi connectivity index (χ1v) is 8.98. The number of nitrogens with zero attached hydrogens (tertiary/aromatic N) is 2. The first-order valence-electron chi connectivity index (χ1n) is 8.98. The zero-order valence-corrected chi connectivity index (χ0v) is 15.6. The largest absolute Gasteiger partial charge is 0.489 e. The molecular formula is C22H20N4O3. The molecule has 0 aliphatic heterocycles. The van der Waals surface area contributed by atoms with Crippen LogP contribution in [-0.4, -0.2) is 23.0 Å². The molecule has 0 bridgehead atoms. The number of hydrazone groups is 1. The molecule has 0 saturated carbocycles. The van der Waals surface area contributed by atoms with Crippen LogP contribution in [0.1, 0.15) is 16.8 Å². The van der Waals surface area contributed by atoms with Crippen molar-refractivity contribution in [3.05, 3.63) is 95.8 Å². The van der Waals surface area contributed by atoms with Crippen LogP contribution in [0, 0.1) is 0 Å². The van der Waals surface area contributed by atoms with Crippen molar-refractivity contribution >= 4 is 18.0 Å². The minimum absolute atomic E-state index is 0.164. The number of ether oxygens (including phenoxy) is 1. The second-order valence-electron chi connectivity index (χ2n) is 6.05. The molecule has 0 saturated heterocycles. The van der Waals surface area contributed by atoms with Crippen molar-refractivity contribution in [1.29, 1.82) is 0 Å². The highest BCUT2D eigenvalue weighted by molar-refractivity contribution is 6.35. The van der Waals surface area contributed by atoms with Gasteiger partial charge in [-0.05, 0) is 35.4 Å². The average Bonchev–Trinajstić information content (AvgIpc) is 2.77. The molecule has 0 spiro atoms. The van der Waals surface area contributed by atoms with Gasteiger partial charge in [-0.1, -0.05) is 48.5 Å². The lowest BCUT2D eigenvalue weighted by atomic mass is 10.2. The molecular weight excluding hydrogens is 368 g/mol. The SMILES string of the molecule is O=C(NCc1ccccn1)C(=O)N/N=C\c1cccc(OCc2ccccc2)c1. The number of carbonyl (C=O) groups is 2. The van der Waals surface area contributed by atoms with Crippen molar-refractivity contribution in [3.63, 3.8) is 0 Å². The number of nitrogens with one attached hydrogen (secondary N) is 2. The normalized spacial score (nSPS) is 10.5. The molecule has 2 aromatic carbocycles. The Hall–Kier alpha value is -4.00. The van der Waals surface area contributed by atoms with E-state index in [1.54, 1.807) is 30.5 Å². The van der Waals surface area contributed by atoms with Gasteiger partial charge in [-0.2, -0.15) is 5.10 Å². The Morgan fingerprint density at radius 3 is 2.59 bits per heavy atom. The van der Waals surface area contributed by atoms with Crippen molar-refractivity contribution in [3.8, 4) is 5.75 Å². The number of rotatable bonds is 7. The van der Waals surface area contributed by atoms with Gasteiger partial charge in [0.2, 0.25) is 0 Å². The van der Waals surface area contributed by atoms with Crippen LogP contribution in [0.3, 0.4) is 0 Å². The molecule has 3 aromatic rings. The van der Waals surface area contributed by atoms with Crippen LogP contribution in [0.2, 0.25) is 0 Å². The summed E-state index contributed by atoms with van der Waals surface area (Å²) in [5, 5.41) is 6.30. The summed E-state index contributed by atoms with van der Waals surface area (Å²) in [4.78, 5) is 27.7. The van der Waals surface area contributed by atoms with Gasteiger partial charge in [0.15, 0.2) is 0 Å². The number of aromatic nitrogens is 1. The lowest BCUT2D eigenvalue weighted by Gasteiger charge is -2.06. The quantitative estimate of drug-likeness (QED) is 0.369. The van der Waals surface area contributed by atoms with E-state index in [2.05, 4.69) is 20.8 Å². The molecule has 2 N–H and O–H groups in total. The third-order valence-electron chi connectivity index (χ3n) is 3.85. The van der Waals surface area contributed by atoms with E-state index in [0.29, 0.717) is 18.1 Å². The van der Waals surface area contributed by atoms with Crippen LogP contribution >= 0.6 is 0 Å². The predicted molar refractivity (Wildman–Crippen MR) is 109 cm³/mol. The van der Waals surface area contributed by atoms with E-state index < -0.39 is 11.8 Å². The van der Waals surface area contributed by atoms with E-state index in [4.69, 9.17) is 4.74 Å². The summed E-state index contributed by atoms with van der Waals surface area (Å²) in [6.45, 7) is 0.617. The summed E-state index contributed by atoms with van der Waals surface area (Å²) in [6, 6.07) is 22.4. The summed E-state index contributed by atoms with van der Waals surface area (Å²) < 4.78 is 5.75. The van der Waals surface area contributed by atoms with E-state index in [-0.39, 0.29) is 6.54 Å². The monoisotopic (exact) mass is 388 g/mol. The number of amides is 2. The molecule has 1 heterocycles. The zero-order chi connectivity index (χ0) is 20.3. The first kappa shape index (κ1) is 19.8. The van der Waals surface area contributed by atoms with E-state index in [0.717, 1.165) is 11.1 Å². The maximum atomic E-state index is 11.8. The Kier molecular flexibility index (Phi) is 7.06. The highest BCUT2D eigenvalue weighted by Gasteiger charge is 2.12. The van der Waals surface area contributed by atoms with E-state index in [9.17, 15) is 9.59 Å². The lowest BCUT2D eigenvalue weighted by molar-refractivity contribution is -0.139. The van der Waals surface area contributed by atoms with Gasteiger partial charge < -0.3 is 10.1 Å². The molecule has 0 aliphatic rings. The Bertz CT molecular complexity index is 976. The molecule has 3 rings (SSSR count). The van der Waals surface area contributed by atoms with Crippen LogP contribution in [0.15, 0.2) is 84.1 Å². The number of hydrogen-bond acceptors (Lipinski definition) is 5. The molecule has 0 radical (unpaired) electrons. The van der Waals surface area contributed by atoms with Crippen LogP contribution in [-0.2, 0) is 22.7 Å². The second kappa shape index (κ2) is 10.4. The Morgan fingerprint density at radius 1 is 0.966 bits per heavy atom. The highest BCUT2D eigenvalue weighted by Crippen LogP contribution is 2.14. The number of benzene rings is 2. The summed E-state index contributed by atoms with van der Waals surface area (Å²) >= 11 is 0. The summed E-state index contributed by atoms with van der Waals surface area (Å²) in [7, 11) is 0. The van der Waals surface area contributed by atoms with Crippen molar-refractivity contribution in [2.24, 2.45) is 5.10 Å². The fourth-order valence-electron chi connectivity index (χ4n) is 2.40. The minimum atomic E-state index is -0.853. The number of carbonyl (C=O) groups excluding carboxylic acids is 2. The van der Waals surface area contributed by atoms with E-state index >= 15 is 0 Å². The molecule has 146 valence electrons. The molecule has 0 fully saturated rings. The molecule has 7 nitrogen and oxygen atoms in total. The standard InChI is InChI=1S/C22H20N4O3/c27-21(24-15-19-10-4-5-12-23-19)22(28)26-25-14-18-9-6-11-20(13-18)29-16-17-7-2-1-3-8-17/h1-14H,15-16H2,(H,24,27)(H,26,28)/b25-14-. The third kappa shape index (κ3) is 6.59. The van der Waals surface area contributed by atoms with Crippen LogP contribution in [0.25, 0.3) is 0 Å². The topological polar surface area (TPSA) is 92.7 Å². The van der Waals surface area contributed by atoms with Crippen molar-refractivity contribution in [1.82, 2.24) is 15.7 Å². The predicted octanol–water partition coefficient (Wildman–Crippen LogP) is 2.43. The highest BCUT2D eigenvalue weighted by atomic mass is 16.5. The van der Waals surface area contributed by atoms with Gasteiger partial charge in [-0.15, -0.1) is 0 Å². The average molecular weight is 388 g/mol. The Morgan fingerprint density at radius 2 is 1.79 bits per heavy atom. The van der Waals surface area contributed by atoms with Crippen LogP contribution < -0.4 is 15.5 Å². The van der Waals surface area contributed by atoms with E-state index in [1.807, 2.05) is 48.5 Å². The summed E-state index contributed by atoms with van der Waals surface area (Å²) in [6.07, 6.45) is 3.06. The van der Waals surface area contributed by atoms with Crippen molar-refractivity contribution in [2.45, 2.75) is 13.2 Å².